The van der Waals surface area contributed by atoms with Gasteiger partial charge in [0.2, 0.25) is 0 Å². The summed E-state index contributed by atoms with van der Waals surface area (Å²) in [5.74, 6) is 0.987. The van der Waals surface area contributed by atoms with E-state index in [-0.39, 0.29) is 17.2 Å². The Balaban J connectivity index is 2.99. The Labute approximate surface area is 122 Å². The highest BCUT2D eigenvalue weighted by Crippen LogP contribution is 2.27. The van der Waals surface area contributed by atoms with Crippen LogP contribution in [0.2, 0.25) is 0 Å². The van der Waals surface area contributed by atoms with Gasteiger partial charge in [0.15, 0.2) is 0 Å². The summed E-state index contributed by atoms with van der Waals surface area (Å²) in [5, 5.41) is 0. The van der Waals surface area contributed by atoms with E-state index in [0.29, 0.717) is 0 Å². The van der Waals surface area contributed by atoms with Gasteiger partial charge in [-0.1, -0.05) is 20.8 Å². The number of ketones is 1. The van der Waals surface area contributed by atoms with Gasteiger partial charge >= 0.3 is 0 Å². The van der Waals surface area contributed by atoms with Crippen molar-refractivity contribution in [2.24, 2.45) is 0 Å². The smallest absolute Gasteiger partial charge is 0.149 e. The minimum atomic E-state index is -0.498. The van der Waals surface area contributed by atoms with Gasteiger partial charge in [0.05, 0.1) is 5.54 Å². The van der Waals surface area contributed by atoms with Gasteiger partial charge in [-0.3, -0.25) is 9.69 Å². The van der Waals surface area contributed by atoms with E-state index in [4.69, 9.17) is 0 Å². The zero-order valence-electron chi connectivity index (χ0n) is 14.0. The average Bonchev–Trinajstić information content (AvgIpc) is 2.35. The van der Waals surface area contributed by atoms with E-state index in [1.54, 1.807) is 6.92 Å². The average molecular weight is 277 g/mol. The molecule has 0 amide bonds. The van der Waals surface area contributed by atoms with Crippen LogP contribution in [0.4, 0.5) is 0 Å². The van der Waals surface area contributed by atoms with Crippen molar-refractivity contribution >= 4 is 5.78 Å². The van der Waals surface area contributed by atoms with Crippen LogP contribution in [-0.2, 0) is 10.2 Å². The van der Waals surface area contributed by atoms with E-state index in [1.165, 1.54) is 0 Å². The molecule has 1 heterocycles. The van der Waals surface area contributed by atoms with E-state index < -0.39 is 5.54 Å². The molecule has 1 rings (SSSR count). The third-order valence-corrected chi connectivity index (χ3v) is 4.15. The van der Waals surface area contributed by atoms with Crippen LogP contribution in [0.5, 0.6) is 0 Å². The van der Waals surface area contributed by atoms with Crippen LogP contribution in [-0.4, -0.2) is 33.2 Å². The Morgan fingerprint density at radius 3 is 1.95 bits per heavy atom. The first-order chi connectivity index (χ1) is 8.98. The van der Waals surface area contributed by atoms with E-state index in [1.807, 2.05) is 33.3 Å². The summed E-state index contributed by atoms with van der Waals surface area (Å²) in [6.07, 6.45) is 3.73. The van der Waals surface area contributed by atoms with Gasteiger partial charge in [-0.2, -0.15) is 0 Å². The topological polar surface area (TPSA) is 46.1 Å². The summed E-state index contributed by atoms with van der Waals surface area (Å²) in [4.78, 5) is 22.7. The van der Waals surface area contributed by atoms with Crippen molar-refractivity contribution in [3.63, 3.8) is 0 Å². The second-order valence-corrected chi connectivity index (χ2v) is 6.99. The molecule has 0 bridgehead atoms. The number of carbonyl (C=O) groups excluding carboxylic acids is 1. The number of rotatable bonds is 4. The van der Waals surface area contributed by atoms with Crippen LogP contribution in [0.1, 0.15) is 65.9 Å². The SMILES string of the molecule is CC(=O)C(C)(C)N(C)C(C)c1cnc(C(C)(C)C)nc1. The van der Waals surface area contributed by atoms with Crippen molar-refractivity contribution in [2.45, 2.75) is 65.5 Å². The fourth-order valence-electron chi connectivity index (χ4n) is 1.90. The Morgan fingerprint density at radius 2 is 1.60 bits per heavy atom. The van der Waals surface area contributed by atoms with Crippen molar-refractivity contribution in [1.29, 1.82) is 0 Å². The molecular weight excluding hydrogens is 250 g/mol. The molecule has 0 saturated carbocycles. The second-order valence-electron chi connectivity index (χ2n) is 6.99. The molecule has 0 aliphatic carbocycles. The largest absolute Gasteiger partial charge is 0.298 e. The molecule has 112 valence electrons. The molecule has 4 heteroatoms. The highest BCUT2D eigenvalue weighted by molar-refractivity contribution is 5.85. The van der Waals surface area contributed by atoms with Gasteiger partial charge in [-0.15, -0.1) is 0 Å². The summed E-state index contributed by atoms with van der Waals surface area (Å²) in [7, 11) is 1.96. The standard InChI is InChI=1S/C16H27N3O/c1-11(19(8)16(6,7)12(2)20)13-9-17-14(18-10-13)15(3,4)5/h9-11H,1-8H3. The summed E-state index contributed by atoms with van der Waals surface area (Å²) >= 11 is 0. The molecule has 0 fully saturated rings. The van der Waals surface area contributed by atoms with Gasteiger partial charge in [0.1, 0.15) is 11.6 Å². The zero-order chi connectivity index (χ0) is 15.7. The van der Waals surface area contributed by atoms with E-state index in [9.17, 15) is 4.79 Å². The lowest BCUT2D eigenvalue weighted by Crippen LogP contribution is -2.47. The first kappa shape index (κ1) is 16.8. The highest BCUT2D eigenvalue weighted by atomic mass is 16.1. The van der Waals surface area contributed by atoms with Gasteiger partial charge in [0.25, 0.3) is 0 Å². The summed E-state index contributed by atoms with van der Waals surface area (Å²) < 4.78 is 0. The number of Topliss-reactive ketones (excluding diaryl/α,β-unsaturated/α-hetero) is 1. The van der Waals surface area contributed by atoms with Crippen LogP contribution < -0.4 is 0 Å². The van der Waals surface area contributed by atoms with Crippen LogP contribution in [0.3, 0.4) is 0 Å². The van der Waals surface area contributed by atoms with Crippen LogP contribution in [0.25, 0.3) is 0 Å². The Hall–Kier alpha value is -1.29. The lowest BCUT2D eigenvalue weighted by atomic mass is 9.94. The van der Waals surface area contributed by atoms with Gasteiger partial charge < -0.3 is 0 Å². The van der Waals surface area contributed by atoms with E-state index >= 15 is 0 Å². The fraction of sp³-hybridized carbons (Fsp3) is 0.688. The number of aromatic nitrogens is 2. The lowest BCUT2D eigenvalue weighted by molar-refractivity contribution is -0.127. The molecular formula is C16H27N3O. The quantitative estimate of drug-likeness (QED) is 0.848. The molecule has 1 aromatic rings. The molecule has 1 atom stereocenters. The fourth-order valence-corrected chi connectivity index (χ4v) is 1.90. The molecule has 0 aliphatic heterocycles. The van der Waals surface area contributed by atoms with Crippen molar-refractivity contribution in [1.82, 2.24) is 14.9 Å². The van der Waals surface area contributed by atoms with Crippen LogP contribution in [0.15, 0.2) is 12.4 Å². The van der Waals surface area contributed by atoms with Gasteiger partial charge in [-0.05, 0) is 34.7 Å². The molecule has 1 aromatic heterocycles. The first-order valence-electron chi connectivity index (χ1n) is 7.04. The van der Waals surface area contributed by atoms with Crippen molar-refractivity contribution in [3.05, 3.63) is 23.8 Å². The third kappa shape index (κ3) is 3.42. The predicted molar refractivity (Wildman–Crippen MR) is 81.7 cm³/mol. The molecule has 0 N–H and O–H groups in total. The van der Waals surface area contributed by atoms with Crippen molar-refractivity contribution < 1.29 is 4.79 Å². The van der Waals surface area contributed by atoms with E-state index in [2.05, 4.69) is 42.6 Å². The molecule has 0 aliphatic rings. The van der Waals surface area contributed by atoms with Crippen molar-refractivity contribution in [2.75, 3.05) is 7.05 Å². The summed E-state index contributed by atoms with van der Waals surface area (Å²) in [6.45, 7) is 13.9. The molecule has 20 heavy (non-hydrogen) atoms. The maximum absolute atomic E-state index is 11.8. The molecule has 0 radical (unpaired) electrons. The molecule has 1 unspecified atom stereocenters. The maximum Gasteiger partial charge on any atom is 0.149 e. The highest BCUT2D eigenvalue weighted by Gasteiger charge is 2.32. The monoisotopic (exact) mass is 277 g/mol. The predicted octanol–water partition coefficient (Wildman–Crippen LogP) is 3.13. The van der Waals surface area contributed by atoms with Gasteiger partial charge in [-0.25, -0.2) is 9.97 Å². The molecule has 0 aromatic carbocycles. The van der Waals surface area contributed by atoms with Crippen LogP contribution >= 0.6 is 0 Å². The number of hydrogen-bond acceptors (Lipinski definition) is 4. The summed E-state index contributed by atoms with van der Waals surface area (Å²) in [6, 6.07) is 0.0860. The second kappa shape index (κ2) is 5.60. The zero-order valence-corrected chi connectivity index (χ0v) is 14.0. The number of carbonyl (C=O) groups is 1. The Kier molecular flexibility index (Phi) is 4.70. The minimum absolute atomic E-state index is 0.0493. The normalized spacial score (nSPS) is 14.4. The summed E-state index contributed by atoms with van der Waals surface area (Å²) in [5.41, 5.74) is 0.476. The van der Waals surface area contributed by atoms with Crippen molar-refractivity contribution in [3.8, 4) is 0 Å². The molecule has 0 spiro atoms. The van der Waals surface area contributed by atoms with Crippen LogP contribution in [0, 0.1) is 0 Å². The third-order valence-electron chi connectivity index (χ3n) is 4.15. The number of likely N-dealkylation sites (N-methyl/N-ethyl adjacent to an activating group) is 1. The maximum atomic E-state index is 11.8. The minimum Gasteiger partial charge on any atom is -0.298 e. The lowest BCUT2D eigenvalue weighted by Gasteiger charge is -2.37. The Bertz CT molecular complexity index is 471. The molecule has 0 saturated heterocycles. The van der Waals surface area contributed by atoms with Gasteiger partial charge in [0, 0.05) is 29.4 Å². The van der Waals surface area contributed by atoms with E-state index in [0.717, 1.165) is 11.4 Å². The number of nitrogens with zero attached hydrogens (tertiary/aromatic N) is 3. The number of hydrogen-bond donors (Lipinski definition) is 0. The molecule has 4 nitrogen and oxygen atoms in total. The first-order valence-corrected chi connectivity index (χ1v) is 7.04. The Morgan fingerprint density at radius 1 is 1.15 bits per heavy atom.